The van der Waals surface area contributed by atoms with Crippen molar-refractivity contribution in [3.8, 4) is 11.3 Å². The number of piperidine rings is 1. The zero-order chi connectivity index (χ0) is 22.6. The lowest BCUT2D eigenvalue weighted by molar-refractivity contribution is -0.137. The molecule has 6 rings (SSSR count). The van der Waals surface area contributed by atoms with E-state index in [1.165, 1.54) is 0 Å². The van der Waals surface area contributed by atoms with Gasteiger partial charge >= 0.3 is 6.18 Å². The van der Waals surface area contributed by atoms with Crippen molar-refractivity contribution in [1.82, 2.24) is 25.3 Å². The average molecular weight is 459 g/mol. The molecule has 3 aromatic rings. The molecule has 0 amide bonds. The van der Waals surface area contributed by atoms with Gasteiger partial charge in [0.2, 0.25) is 5.95 Å². The number of aromatic amines is 1. The first-order chi connectivity index (χ1) is 16.0. The van der Waals surface area contributed by atoms with Crippen molar-refractivity contribution in [3.05, 3.63) is 30.1 Å². The SMILES string of the molecule is FC(F)(F)c1cnc(N[C@H]2CCCNC2)nc1-c1c[nH]c2nc(N3C4COCC3C4)ccc12. The minimum Gasteiger partial charge on any atom is -0.377 e. The average Bonchev–Trinajstić information content (AvgIpc) is 3.23. The maximum atomic E-state index is 13.8. The molecule has 2 unspecified atom stereocenters. The fourth-order valence-corrected chi connectivity index (χ4v) is 5.07. The van der Waals surface area contributed by atoms with Gasteiger partial charge in [0, 0.05) is 35.9 Å². The molecule has 3 fully saturated rings. The number of nitrogens with one attached hydrogen (secondary N) is 3. The Balaban J connectivity index is 1.37. The third-order valence-electron chi connectivity index (χ3n) is 6.72. The van der Waals surface area contributed by atoms with Gasteiger partial charge in [-0.1, -0.05) is 0 Å². The molecule has 3 N–H and O–H groups in total. The number of alkyl halides is 3. The van der Waals surface area contributed by atoms with Gasteiger partial charge in [-0.25, -0.2) is 15.0 Å². The van der Waals surface area contributed by atoms with Crippen LogP contribution >= 0.6 is 0 Å². The lowest BCUT2D eigenvalue weighted by Crippen LogP contribution is -2.64. The van der Waals surface area contributed by atoms with Crippen LogP contribution in [0.5, 0.6) is 0 Å². The maximum Gasteiger partial charge on any atom is 0.419 e. The minimum atomic E-state index is -4.58. The lowest BCUT2D eigenvalue weighted by atomic mass is 9.91. The summed E-state index contributed by atoms with van der Waals surface area (Å²) in [4.78, 5) is 18.3. The van der Waals surface area contributed by atoms with E-state index in [1.807, 2.05) is 12.1 Å². The summed E-state index contributed by atoms with van der Waals surface area (Å²) in [5, 5.41) is 7.04. The number of ether oxygens (including phenoxy) is 1. The van der Waals surface area contributed by atoms with Crippen molar-refractivity contribution in [2.45, 2.75) is 43.6 Å². The zero-order valence-corrected chi connectivity index (χ0v) is 17.8. The lowest BCUT2D eigenvalue weighted by Gasteiger charge is -2.53. The predicted molar refractivity (Wildman–Crippen MR) is 117 cm³/mol. The molecule has 11 heteroatoms. The van der Waals surface area contributed by atoms with E-state index in [1.54, 1.807) is 6.20 Å². The second-order valence-electron chi connectivity index (χ2n) is 8.90. The highest BCUT2D eigenvalue weighted by Gasteiger charge is 2.43. The summed E-state index contributed by atoms with van der Waals surface area (Å²) in [6.45, 7) is 3.01. The summed E-state index contributed by atoms with van der Waals surface area (Å²) >= 11 is 0. The standard InChI is InChI=1S/C22H24F3N7O/c23-22(24,25)17-9-28-21(29-12-2-1-5-26-7-12)31-19(17)16-8-27-20-15(16)3-4-18(30-20)32-13-6-14(32)11-33-10-13/h3-4,8-9,12-14,26H,1-2,5-7,10-11H2,(H,27,30)(H,28,29,31)/t12-,13?,14?/m0/s1. The Morgan fingerprint density at radius 3 is 2.73 bits per heavy atom. The van der Waals surface area contributed by atoms with Crippen LogP contribution in [0.3, 0.4) is 0 Å². The van der Waals surface area contributed by atoms with Gasteiger partial charge in [-0.05, 0) is 37.9 Å². The maximum absolute atomic E-state index is 13.8. The Morgan fingerprint density at radius 2 is 2.00 bits per heavy atom. The molecule has 0 aromatic carbocycles. The molecule has 3 aliphatic heterocycles. The van der Waals surface area contributed by atoms with Crippen LogP contribution < -0.4 is 15.5 Å². The van der Waals surface area contributed by atoms with Crippen LogP contribution in [0.15, 0.2) is 24.5 Å². The number of H-pyrrole nitrogens is 1. The topological polar surface area (TPSA) is 91.0 Å². The third kappa shape index (κ3) is 3.68. The minimum absolute atomic E-state index is 0.0792. The van der Waals surface area contributed by atoms with Crippen molar-refractivity contribution in [2.24, 2.45) is 0 Å². The molecule has 33 heavy (non-hydrogen) atoms. The van der Waals surface area contributed by atoms with Crippen molar-refractivity contribution >= 4 is 22.8 Å². The quantitative estimate of drug-likeness (QED) is 0.552. The molecular weight excluding hydrogens is 435 g/mol. The van der Waals surface area contributed by atoms with Gasteiger partial charge in [-0.3, -0.25) is 0 Å². The van der Waals surface area contributed by atoms with E-state index < -0.39 is 11.7 Å². The molecule has 3 aromatic heterocycles. The Labute approximate surface area is 188 Å². The van der Waals surface area contributed by atoms with E-state index in [0.717, 1.165) is 44.4 Å². The summed E-state index contributed by atoms with van der Waals surface area (Å²) < 4.78 is 47.0. The fourth-order valence-electron chi connectivity index (χ4n) is 5.07. The number of pyridine rings is 1. The Kier molecular flexibility index (Phi) is 4.91. The van der Waals surface area contributed by atoms with E-state index >= 15 is 0 Å². The molecular formula is C22H24F3N7O. The largest absolute Gasteiger partial charge is 0.419 e. The second-order valence-corrected chi connectivity index (χ2v) is 8.90. The van der Waals surface area contributed by atoms with Crippen LogP contribution in [0.1, 0.15) is 24.8 Å². The highest BCUT2D eigenvalue weighted by atomic mass is 19.4. The van der Waals surface area contributed by atoms with E-state index in [4.69, 9.17) is 9.72 Å². The molecule has 3 aliphatic rings. The van der Waals surface area contributed by atoms with E-state index in [0.29, 0.717) is 41.9 Å². The van der Waals surface area contributed by atoms with E-state index in [-0.39, 0.29) is 17.7 Å². The second kappa shape index (κ2) is 7.84. The number of morpholine rings is 1. The first-order valence-corrected chi connectivity index (χ1v) is 11.2. The van der Waals surface area contributed by atoms with Crippen LogP contribution in [-0.2, 0) is 10.9 Å². The zero-order valence-electron chi connectivity index (χ0n) is 17.8. The van der Waals surface area contributed by atoms with Crippen molar-refractivity contribution in [1.29, 1.82) is 0 Å². The normalized spacial score (nSPS) is 25.2. The van der Waals surface area contributed by atoms with Gasteiger partial charge in [0.15, 0.2) is 0 Å². The first kappa shape index (κ1) is 20.7. The van der Waals surface area contributed by atoms with Crippen molar-refractivity contribution in [3.63, 3.8) is 0 Å². The summed E-state index contributed by atoms with van der Waals surface area (Å²) in [5.74, 6) is 1.00. The number of nitrogens with zero attached hydrogens (tertiary/aromatic N) is 4. The molecule has 2 bridgehead atoms. The Morgan fingerprint density at radius 1 is 1.15 bits per heavy atom. The van der Waals surface area contributed by atoms with Gasteiger partial charge < -0.3 is 25.3 Å². The van der Waals surface area contributed by atoms with Crippen LogP contribution in [0.4, 0.5) is 24.9 Å². The van der Waals surface area contributed by atoms with Gasteiger partial charge in [0.25, 0.3) is 0 Å². The smallest absolute Gasteiger partial charge is 0.377 e. The Bertz CT molecular complexity index is 1160. The predicted octanol–water partition coefficient (Wildman–Crippen LogP) is 3.18. The summed E-state index contributed by atoms with van der Waals surface area (Å²) in [6.07, 6.45) is 0.820. The number of aromatic nitrogens is 4. The van der Waals surface area contributed by atoms with Gasteiger partial charge in [-0.2, -0.15) is 13.2 Å². The van der Waals surface area contributed by atoms with E-state index in [2.05, 4.69) is 30.5 Å². The van der Waals surface area contributed by atoms with Crippen LogP contribution in [-0.4, -0.2) is 64.4 Å². The summed E-state index contributed by atoms with van der Waals surface area (Å²) in [5.41, 5.74) is -0.130. The number of halogens is 3. The number of fused-ring (bicyclic) bond motifs is 3. The molecule has 3 saturated heterocycles. The molecule has 3 atom stereocenters. The molecule has 0 aliphatic carbocycles. The highest BCUT2D eigenvalue weighted by molar-refractivity contribution is 5.94. The summed E-state index contributed by atoms with van der Waals surface area (Å²) in [7, 11) is 0. The number of hydrogen-bond acceptors (Lipinski definition) is 7. The van der Waals surface area contributed by atoms with Gasteiger partial charge in [0.05, 0.1) is 31.0 Å². The number of rotatable bonds is 4. The van der Waals surface area contributed by atoms with Crippen molar-refractivity contribution in [2.75, 3.05) is 36.5 Å². The van der Waals surface area contributed by atoms with Crippen LogP contribution in [0, 0.1) is 0 Å². The number of hydrogen-bond donors (Lipinski definition) is 3. The van der Waals surface area contributed by atoms with Crippen LogP contribution in [0.2, 0.25) is 0 Å². The van der Waals surface area contributed by atoms with E-state index in [9.17, 15) is 13.2 Å². The van der Waals surface area contributed by atoms with Gasteiger partial charge in [-0.15, -0.1) is 0 Å². The molecule has 0 spiro atoms. The highest BCUT2D eigenvalue weighted by Crippen LogP contribution is 2.40. The molecule has 0 radical (unpaired) electrons. The summed E-state index contributed by atoms with van der Waals surface area (Å²) in [6, 6.07) is 4.38. The van der Waals surface area contributed by atoms with Crippen LogP contribution in [0.25, 0.3) is 22.3 Å². The van der Waals surface area contributed by atoms with Crippen molar-refractivity contribution < 1.29 is 17.9 Å². The first-order valence-electron chi connectivity index (χ1n) is 11.2. The monoisotopic (exact) mass is 459 g/mol. The fraction of sp³-hybridized carbons (Fsp3) is 0.500. The Hall–Kier alpha value is -2.92. The number of anilines is 2. The molecule has 174 valence electrons. The molecule has 8 nitrogen and oxygen atoms in total. The van der Waals surface area contributed by atoms with Gasteiger partial charge in [0.1, 0.15) is 17.0 Å². The molecule has 0 saturated carbocycles. The third-order valence-corrected chi connectivity index (χ3v) is 6.72. The molecule has 6 heterocycles.